The van der Waals surface area contributed by atoms with Crippen LogP contribution in [0.4, 0.5) is 0 Å². The van der Waals surface area contributed by atoms with Gasteiger partial charge in [0.15, 0.2) is 0 Å². The van der Waals surface area contributed by atoms with Crippen LogP contribution in [0.5, 0.6) is 5.88 Å². The topological polar surface area (TPSA) is 60.5 Å². The van der Waals surface area contributed by atoms with E-state index in [2.05, 4.69) is 17.2 Å². The molecule has 1 N–H and O–H groups in total. The number of amides is 1. The average molecular weight is 266 g/mol. The van der Waals surface area contributed by atoms with Crippen molar-refractivity contribution in [1.82, 2.24) is 10.3 Å². The van der Waals surface area contributed by atoms with Crippen LogP contribution in [0.15, 0.2) is 18.3 Å². The quantitative estimate of drug-likeness (QED) is 0.730. The summed E-state index contributed by atoms with van der Waals surface area (Å²) in [6, 6.07) is 3.68. The minimum atomic E-state index is -0.436. The van der Waals surface area contributed by atoms with Crippen molar-refractivity contribution >= 4 is 5.91 Å². The molecule has 1 atom stereocenters. The van der Waals surface area contributed by atoms with Gasteiger partial charge in [0.25, 0.3) is 0 Å². The zero-order valence-corrected chi connectivity index (χ0v) is 11.8. The highest BCUT2D eigenvalue weighted by Crippen LogP contribution is 2.12. The third-order valence-corrected chi connectivity index (χ3v) is 2.73. The Bertz CT molecular complexity index is 396. The first kappa shape index (κ1) is 15.4. The molecule has 0 saturated heterocycles. The maximum atomic E-state index is 11.8. The van der Waals surface area contributed by atoms with Crippen LogP contribution in [-0.4, -0.2) is 30.7 Å². The molecule has 0 aliphatic carbocycles. The van der Waals surface area contributed by atoms with Crippen LogP contribution in [0.1, 0.15) is 32.3 Å². The normalized spacial score (nSPS) is 11.9. The van der Waals surface area contributed by atoms with Gasteiger partial charge in [0.05, 0.1) is 7.11 Å². The Kier molecular flexibility index (Phi) is 6.89. The van der Waals surface area contributed by atoms with Gasteiger partial charge in [0, 0.05) is 24.9 Å². The average Bonchev–Trinajstić information content (AvgIpc) is 2.45. The fourth-order valence-corrected chi connectivity index (χ4v) is 1.55. The van der Waals surface area contributed by atoms with Crippen LogP contribution in [-0.2, 0) is 16.1 Å². The second-order valence-corrected chi connectivity index (χ2v) is 4.26. The number of pyridine rings is 1. The molecule has 1 aromatic heterocycles. The molecule has 106 valence electrons. The molecule has 5 heteroatoms. The first-order chi connectivity index (χ1) is 9.19. The van der Waals surface area contributed by atoms with Gasteiger partial charge in [-0.2, -0.15) is 0 Å². The number of aromatic nitrogens is 1. The van der Waals surface area contributed by atoms with Gasteiger partial charge >= 0.3 is 0 Å². The molecule has 1 heterocycles. The summed E-state index contributed by atoms with van der Waals surface area (Å²) in [5.74, 6) is 0.407. The smallest absolute Gasteiger partial charge is 0.249 e. The molecule has 5 nitrogen and oxygen atoms in total. The molecule has 0 unspecified atom stereocenters. The summed E-state index contributed by atoms with van der Waals surface area (Å²) in [6.07, 6.45) is 3.24. The van der Waals surface area contributed by atoms with Crippen molar-refractivity contribution in [3.63, 3.8) is 0 Å². The van der Waals surface area contributed by atoms with Crippen LogP contribution in [0, 0.1) is 0 Å². The largest absolute Gasteiger partial charge is 0.481 e. The van der Waals surface area contributed by atoms with Crippen molar-refractivity contribution in [2.45, 2.75) is 39.3 Å². The third-order valence-electron chi connectivity index (χ3n) is 2.73. The second kappa shape index (κ2) is 8.48. The first-order valence-corrected chi connectivity index (χ1v) is 6.56. The van der Waals surface area contributed by atoms with Crippen molar-refractivity contribution in [3.05, 3.63) is 23.9 Å². The van der Waals surface area contributed by atoms with Gasteiger partial charge in [-0.15, -0.1) is 0 Å². The van der Waals surface area contributed by atoms with E-state index in [1.807, 2.05) is 12.1 Å². The Balaban J connectivity index is 2.40. The lowest BCUT2D eigenvalue weighted by atomic mass is 10.2. The van der Waals surface area contributed by atoms with Crippen molar-refractivity contribution in [2.24, 2.45) is 0 Å². The molecule has 1 aromatic rings. The Morgan fingerprint density at radius 1 is 1.53 bits per heavy atom. The van der Waals surface area contributed by atoms with E-state index in [0.29, 0.717) is 19.0 Å². The third kappa shape index (κ3) is 5.26. The Morgan fingerprint density at radius 3 is 3.00 bits per heavy atom. The molecule has 0 bridgehead atoms. The van der Waals surface area contributed by atoms with Gasteiger partial charge in [0.2, 0.25) is 11.8 Å². The number of hydrogen-bond donors (Lipinski definition) is 1. The van der Waals surface area contributed by atoms with E-state index in [4.69, 9.17) is 9.47 Å². The van der Waals surface area contributed by atoms with Crippen LogP contribution in [0.25, 0.3) is 0 Å². The molecule has 0 aliphatic heterocycles. The molecule has 0 aliphatic rings. The van der Waals surface area contributed by atoms with Crippen LogP contribution in [0.3, 0.4) is 0 Å². The fraction of sp³-hybridized carbons (Fsp3) is 0.571. The van der Waals surface area contributed by atoms with E-state index in [1.54, 1.807) is 20.2 Å². The van der Waals surface area contributed by atoms with E-state index in [0.717, 1.165) is 18.4 Å². The number of methoxy groups -OCH3 is 1. The summed E-state index contributed by atoms with van der Waals surface area (Å²) >= 11 is 0. The highest BCUT2D eigenvalue weighted by Gasteiger charge is 2.13. The summed E-state index contributed by atoms with van der Waals surface area (Å²) in [4.78, 5) is 15.9. The summed E-state index contributed by atoms with van der Waals surface area (Å²) < 4.78 is 10.6. The van der Waals surface area contributed by atoms with E-state index in [1.165, 1.54) is 0 Å². The van der Waals surface area contributed by atoms with Gasteiger partial charge in [-0.1, -0.05) is 19.4 Å². The van der Waals surface area contributed by atoms with Gasteiger partial charge in [-0.25, -0.2) is 4.98 Å². The number of rotatable bonds is 8. The van der Waals surface area contributed by atoms with Crippen molar-refractivity contribution < 1.29 is 14.3 Å². The van der Waals surface area contributed by atoms with Gasteiger partial charge < -0.3 is 14.8 Å². The molecule has 19 heavy (non-hydrogen) atoms. The molecule has 0 aromatic carbocycles. The maximum Gasteiger partial charge on any atom is 0.249 e. The highest BCUT2D eigenvalue weighted by molar-refractivity contribution is 5.80. The van der Waals surface area contributed by atoms with Crippen molar-refractivity contribution in [1.29, 1.82) is 0 Å². The molecule has 1 amide bonds. The molecule has 0 fully saturated rings. The minimum Gasteiger partial charge on any atom is -0.481 e. The number of ether oxygens (including phenoxy) is 2. The molecular weight excluding hydrogens is 244 g/mol. The summed E-state index contributed by atoms with van der Waals surface area (Å²) in [7, 11) is 1.56. The maximum absolute atomic E-state index is 11.8. The van der Waals surface area contributed by atoms with Crippen LogP contribution < -0.4 is 10.1 Å². The first-order valence-electron chi connectivity index (χ1n) is 6.56. The Morgan fingerprint density at radius 2 is 2.32 bits per heavy atom. The predicted octanol–water partition coefficient (Wildman–Crippen LogP) is 1.91. The summed E-state index contributed by atoms with van der Waals surface area (Å²) in [5.41, 5.74) is 0.846. The van der Waals surface area contributed by atoms with Crippen molar-refractivity contribution in [2.75, 3.05) is 13.7 Å². The SMILES string of the molecule is CCCCO[C@@H](C)C(=O)NCc1cccnc1OC. The van der Waals surface area contributed by atoms with Gasteiger partial charge in [-0.05, 0) is 19.4 Å². The lowest BCUT2D eigenvalue weighted by Gasteiger charge is -2.13. The lowest BCUT2D eigenvalue weighted by molar-refractivity contribution is -0.131. The monoisotopic (exact) mass is 266 g/mol. The molecule has 0 saturated carbocycles. The van der Waals surface area contributed by atoms with E-state index in [9.17, 15) is 4.79 Å². The van der Waals surface area contributed by atoms with Crippen LogP contribution >= 0.6 is 0 Å². The summed E-state index contributed by atoms with van der Waals surface area (Å²) in [5, 5.41) is 2.82. The van der Waals surface area contributed by atoms with Crippen molar-refractivity contribution in [3.8, 4) is 5.88 Å². The zero-order chi connectivity index (χ0) is 14.1. The predicted molar refractivity (Wildman–Crippen MR) is 73.0 cm³/mol. The van der Waals surface area contributed by atoms with E-state index >= 15 is 0 Å². The minimum absolute atomic E-state index is 0.123. The number of hydrogen-bond acceptors (Lipinski definition) is 4. The highest BCUT2D eigenvalue weighted by atomic mass is 16.5. The number of unbranched alkanes of at least 4 members (excludes halogenated alkanes) is 1. The Hall–Kier alpha value is -1.62. The second-order valence-electron chi connectivity index (χ2n) is 4.26. The fourth-order valence-electron chi connectivity index (χ4n) is 1.55. The molecular formula is C14H22N2O3. The van der Waals surface area contributed by atoms with E-state index < -0.39 is 6.10 Å². The lowest BCUT2D eigenvalue weighted by Crippen LogP contribution is -2.34. The number of carbonyl (C=O) groups excluding carboxylic acids is 1. The van der Waals surface area contributed by atoms with E-state index in [-0.39, 0.29) is 5.91 Å². The zero-order valence-electron chi connectivity index (χ0n) is 11.8. The molecule has 1 rings (SSSR count). The standard InChI is InChI=1S/C14H22N2O3/c1-4-5-9-19-11(2)13(17)16-10-12-7-6-8-15-14(12)18-3/h6-8,11H,4-5,9-10H2,1-3H3,(H,16,17)/t11-/m0/s1. The molecule has 0 radical (unpaired) electrons. The number of nitrogens with one attached hydrogen (secondary N) is 1. The number of carbonyl (C=O) groups is 1. The van der Waals surface area contributed by atoms with Gasteiger partial charge in [0.1, 0.15) is 6.10 Å². The van der Waals surface area contributed by atoms with Gasteiger partial charge in [-0.3, -0.25) is 4.79 Å². The Labute approximate surface area is 114 Å². The molecule has 0 spiro atoms. The summed E-state index contributed by atoms with van der Waals surface area (Å²) in [6.45, 7) is 4.84. The van der Waals surface area contributed by atoms with Crippen LogP contribution in [0.2, 0.25) is 0 Å². The number of nitrogens with zero attached hydrogens (tertiary/aromatic N) is 1.